The van der Waals surface area contributed by atoms with Crippen LogP contribution in [0.3, 0.4) is 0 Å². The molecule has 0 heterocycles. The van der Waals surface area contributed by atoms with Crippen LogP contribution in [-0.4, -0.2) is 42.8 Å². The molecule has 0 unspecified atom stereocenters. The molecular weight excluding hydrogens is 237 g/mol. The number of halogens is 5. The van der Waals surface area contributed by atoms with Crippen molar-refractivity contribution in [3.05, 3.63) is 0 Å². The molecule has 0 saturated heterocycles. The van der Waals surface area contributed by atoms with Crippen molar-refractivity contribution < 1.29 is 31.5 Å². The molecule has 0 spiro atoms. The molecule has 0 aromatic heterocycles. The first-order valence-electron chi connectivity index (χ1n) is 4.52. The fraction of sp³-hybridized carbons (Fsp3) is 0.875. The lowest BCUT2D eigenvalue weighted by atomic mass is 10.3. The lowest BCUT2D eigenvalue weighted by Gasteiger charge is -2.22. The molecule has 0 fully saturated rings. The zero-order valence-electron chi connectivity index (χ0n) is 8.77. The van der Waals surface area contributed by atoms with Crippen LogP contribution in [0.4, 0.5) is 26.7 Å². The van der Waals surface area contributed by atoms with Crippen LogP contribution in [0.5, 0.6) is 0 Å². The molecule has 0 atom stereocenters. The van der Waals surface area contributed by atoms with Gasteiger partial charge in [0, 0.05) is 13.1 Å². The molecule has 96 valence electrons. The highest BCUT2D eigenvalue weighted by Crippen LogP contribution is 2.35. The van der Waals surface area contributed by atoms with E-state index in [-0.39, 0.29) is 13.1 Å². The van der Waals surface area contributed by atoms with Crippen LogP contribution in [0.2, 0.25) is 0 Å². The molecular formula is C8H12F5NO2. The van der Waals surface area contributed by atoms with E-state index < -0.39 is 24.8 Å². The Kier molecular flexibility index (Phi) is 4.95. The Bertz CT molecular complexity index is 237. The summed E-state index contributed by atoms with van der Waals surface area (Å²) in [5.41, 5.74) is 0. The van der Waals surface area contributed by atoms with E-state index >= 15 is 0 Å². The minimum absolute atomic E-state index is 0.174. The Hall–Kier alpha value is -1.08. The van der Waals surface area contributed by atoms with E-state index in [2.05, 4.69) is 4.74 Å². The number of carbonyl (C=O) groups excluding carboxylic acids is 1. The molecule has 0 N–H and O–H groups in total. The Morgan fingerprint density at radius 2 is 1.56 bits per heavy atom. The molecule has 0 bridgehead atoms. The van der Waals surface area contributed by atoms with Crippen molar-refractivity contribution >= 4 is 6.09 Å². The maximum Gasteiger partial charge on any atom is 0.456 e. The van der Waals surface area contributed by atoms with Crippen LogP contribution in [0.15, 0.2) is 0 Å². The first kappa shape index (κ1) is 14.9. The summed E-state index contributed by atoms with van der Waals surface area (Å²) in [7, 11) is 0. The van der Waals surface area contributed by atoms with E-state index in [1.54, 1.807) is 13.8 Å². The van der Waals surface area contributed by atoms with Crippen LogP contribution >= 0.6 is 0 Å². The van der Waals surface area contributed by atoms with Crippen LogP contribution < -0.4 is 0 Å². The van der Waals surface area contributed by atoms with Gasteiger partial charge in [0.15, 0.2) is 6.61 Å². The third-order valence-electron chi connectivity index (χ3n) is 1.81. The van der Waals surface area contributed by atoms with E-state index in [1.807, 2.05) is 0 Å². The minimum atomic E-state index is -5.71. The van der Waals surface area contributed by atoms with Gasteiger partial charge in [0.25, 0.3) is 0 Å². The first-order valence-corrected chi connectivity index (χ1v) is 4.52. The highest BCUT2D eigenvalue weighted by atomic mass is 19.4. The van der Waals surface area contributed by atoms with Gasteiger partial charge in [-0.1, -0.05) is 0 Å². The lowest BCUT2D eigenvalue weighted by molar-refractivity contribution is -0.292. The summed E-state index contributed by atoms with van der Waals surface area (Å²) in [5, 5.41) is 0. The highest BCUT2D eigenvalue weighted by molar-refractivity contribution is 5.67. The number of nitrogens with zero attached hydrogens (tertiary/aromatic N) is 1. The van der Waals surface area contributed by atoms with Crippen molar-refractivity contribution in [1.29, 1.82) is 0 Å². The van der Waals surface area contributed by atoms with Crippen LogP contribution in [-0.2, 0) is 4.74 Å². The fourth-order valence-corrected chi connectivity index (χ4v) is 0.807. The number of hydrogen-bond donors (Lipinski definition) is 0. The zero-order valence-corrected chi connectivity index (χ0v) is 8.77. The van der Waals surface area contributed by atoms with Crippen molar-refractivity contribution in [2.45, 2.75) is 25.9 Å². The quantitative estimate of drug-likeness (QED) is 0.717. The molecule has 8 heteroatoms. The molecule has 3 nitrogen and oxygen atoms in total. The predicted molar refractivity (Wildman–Crippen MR) is 45.3 cm³/mol. The monoisotopic (exact) mass is 249 g/mol. The summed E-state index contributed by atoms with van der Waals surface area (Å²) in [6, 6.07) is 0. The van der Waals surface area contributed by atoms with Gasteiger partial charge in [0.2, 0.25) is 0 Å². The average Bonchev–Trinajstić information content (AvgIpc) is 2.15. The van der Waals surface area contributed by atoms with Gasteiger partial charge in [-0.25, -0.2) is 4.79 Å². The second-order valence-electron chi connectivity index (χ2n) is 2.93. The van der Waals surface area contributed by atoms with Gasteiger partial charge >= 0.3 is 18.2 Å². The predicted octanol–water partition coefficient (Wildman–Crippen LogP) is 2.66. The smallest absolute Gasteiger partial charge is 0.443 e. The molecule has 16 heavy (non-hydrogen) atoms. The van der Waals surface area contributed by atoms with E-state index in [0.29, 0.717) is 0 Å². The SMILES string of the molecule is CCN(CC)C(=O)OCC(F)(F)C(F)(F)F. The van der Waals surface area contributed by atoms with Crippen molar-refractivity contribution in [2.24, 2.45) is 0 Å². The second kappa shape index (κ2) is 5.31. The molecule has 1 amide bonds. The topological polar surface area (TPSA) is 29.5 Å². The lowest BCUT2D eigenvalue weighted by Crippen LogP contribution is -2.43. The summed E-state index contributed by atoms with van der Waals surface area (Å²) in [4.78, 5) is 12.0. The molecule has 0 aromatic carbocycles. The van der Waals surface area contributed by atoms with Gasteiger partial charge in [-0.3, -0.25) is 0 Å². The molecule has 0 aliphatic heterocycles. The number of hydrogen-bond acceptors (Lipinski definition) is 2. The summed E-state index contributed by atoms with van der Waals surface area (Å²) >= 11 is 0. The third-order valence-corrected chi connectivity index (χ3v) is 1.81. The van der Waals surface area contributed by atoms with E-state index in [0.717, 1.165) is 4.90 Å². The Morgan fingerprint density at radius 3 is 1.88 bits per heavy atom. The van der Waals surface area contributed by atoms with Crippen molar-refractivity contribution in [3.8, 4) is 0 Å². The molecule has 0 aromatic rings. The molecule has 0 rings (SSSR count). The Morgan fingerprint density at radius 1 is 1.12 bits per heavy atom. The standard InChI is InChI=1S/C8H12F5NO2/c1-3-14(4-2)6(15)16-5-7(9,10)8(11,12)13/h3-5H2,1-2H3. The van der Waals surface area contributed by atoms with Crippen molar-refractivity contribution in [3.63, 3.8) is 0 Å². The largest absolute Gasteiger partial charge is 0.456 e. The third kappa shape index (κ3) is 3.82. The second-order valence-corrected chi connectivity index (χ2v) is 2.93. The maximum absolute atomic E-state index is 12.3. The van der Waals surface area contributed by atoms with Crippen LogP contribution in [0.25, 0.3) is 0 Å². The van der Waals surface area contributed by atoms with Crippen molar-refractivity contribution in [1.82, 2.24) is 4.90 Å². The van der Waals surface area contributed by atoms with E-state index in [9.17, 15) is 26.7 Å². The molecule has 0 saturated carbocycles. The van der Waals surface area contributed by atoms with Gasteiger partial charge in [-0.05, 0) is 13.8 Å². The van der Waals surface area contributed by atoms with Crippen molar-refractivity contribution in [2.75, 3.05) is 19.7 Å². The normalized spacial score (nSPS) is 12.4. The summed E-state index contributed by atoms with van der Waals surface area (Å²) in [6.45, 7) is 1.45. The van der Waals surface area contributed by atoms with Gasteiger partial charge in [0.1, 0.15) is 0 Å². The summed E-state index contributed by atoms with van der Waals surface area (Å²) in [5.74, 6) is -5.02. The highest BCUT2D eigenvalue weighted by Gasteiger charge is 2.58. The van der Waals surface area contributed by atoms with Gasteiger partial charge in [-0.15, -0.1) is 0 Å². The van der Waals surface area contributed by atoms with Crippen LogP contribution in [0, 0.1) is 0 Å². The number of alkyl halides is 5. The first-order chi connectivity index (χ1) is 7.15. The van der Waals surface area contributed by atoms with Crippen LogP contribution in [0.1, 0.15) is 13.8 Å². The van der Waals surface area contributed by atoms with E-state index in [1.165, 1.54) is 0 Å². The van der Waals surface area contributed by atoms with Gasteiger partial charge in [0.05, 0.1) is 0 Å². The van der Waals surface area contributed by atoms with Gasteiger partial charge < -0.3 is 9.64 Å². The maximum atomic E-state index is 12.3. The number of carbonyl (C=O) groups is 1. The number of rotatable bonds is 4. The molecule has 0 aliphatic carbocycles. The Labute approximate surface area is 89.2 Å². The molecule has 0 radical (unpaired) electrons. The van der Waals surface area contributed by atoms with Gasteiger partial charge in [-0.2, -0.15) is 22.0 Å². The summed E-state index contributed by atoms with van der Waals surface area (Å²) < 4.78 is 63.7. The fourth-order valence-electron chi connectivity index (χ4n) is 0.807. The van der Waals surface area contributed by atoms with E-state index in [4.69, 9.17) is 0 Å². The molecule has 0 aliphatic rings. The zero-order chi connectivity index (χ0) is 13.0. The average molecular weight is 249 g/mol. The number of ether oxygens (including phenoxy) is 1. The summed E-state index contributed by atoms with van der Waals surface area (Å²) in [6.07, 6.45) is -6.90. The minimum Gasteiger partial charge on any atom is -0.443 e. The Balaban J connectivity index is 4.30. The number of amides is 1.